The number of esters is 2. The molecule has 63 heavy (non-hydrogen) atoms. The molecule has 14 heteroatoms. The molecule has 0 heterocycles. The van der Waals surface area contributed by atoms with Gasteiger partial charge in [-0.1, -0.05) is 150 Å². The zero-order valence-corrected chi connectivity index (χ0v) is 39.0. The number of carbonyl (C=O) groups excluding carboxylic acids is 2. The van der Waals surface area contributed by atoms with Crippen LogP contribution in [0.1, 0.15) is 155 Å². The molecule has 360 valence electrons. The molecule has 6 N–H and O–H groups in total. The Bertz CT molecular complexity index is 1420. The minimum Gasteiger partial charge on any atom is -0.462 e. The highest BCUT2D eigenvalue weighted by molar-refractivity contribution is 7.47. The van der Waals surface area contributed by atoms with Crippen LogP contribution in [0.15, 0.2) is 85.1 Å². The smallest absolute Gasteiger partial charge is 0.462 e. The van der Waals surface area contributed by atoms with Gasteiger partial charge in [-0.2, -0.15) is 0 Å². The lowest BCUT2D eigenvalue weighted by atomic mass is 9.85. The lowest BCUT2D eigenvalue weighted by Gasteiger charge is -2.41. The molecule has 0 aromatic carbocycles. The quantitative estimate of drug-likeness (QED) is 0.0149. The van der Waals surface area contributed by atoms with Crippen molar-refractivity contribution in [1.82, 2.24) is 0 Å². The molecule has 1 aliphatic carbocycles. The van der Waals surface area contributed by atoms with Crippen LogP contribution in [0, 0.1) is 0 Å². The molecule has 0 radical (unpaired) electrons. The van der Waals surface area contributed by atoms with Gasteiger partial charge in [0.15, 0.2) is 6.10 Å². The van der Waals surface area contributed by atoms with Crippen LogP contribution in [0.4, 0.5) is 0 Å². The number of hydrogen-bond donors (Lipinski definition) is 6. The van der Waals surface area contributed by atoms with E-state index >= 15 is 0 Å². The lowest BCUT2D eigenvalue weighted by Crippen LogP contribution is -2.64. The minimum atomic E-state index is -5.14. The van der Waals surface area contributed by atoms with E-state index in [-0.39, 0.29) is 12.8 Å². The number of ether oxygens (including phenoxy) is 2. The van der Waals surface area contributed by atoms with Crippen LogP contribution in [0.2, 0.25) is 0 Å². The average Bonchev–Trinajstić information content (AvgIpc) is 3.26. The van der Waals surface area contributed by atoms with Crippen molar-refractivity contribution in [2.75, 3.05) is 13.2 Å². The van der Waals surface area contributed by atoms with E-state index in [0.29, 0.717) is 19.3 Å². The van der Waals surface area contributed by atoms with E-state index in [9.17, 15) is 44.6 Å². The first kappa shape index (κ1) is 58.0. The molecule has 13 nitrogen and oxygen atoms in total. The maximum Gasteiger partial charge on any atom is 0.472 e. The summed E-state index contributed by atoms with van der Waals surface area (Å²) in [5.74, 6) is -1.21. The summed E-state index contributed by atoms with van der Waals surface area (Å²) < 4.78 is 33.4. The highest BCUT2D eigenvalue weighted by Gasteiger charge is 2.51. The Hall–Kier alpha value is -2.97. The van der Waals surface area contributed by atoms with Crippen molar-refractivity contribution >= 4 is 19.8 Å². The van der Waals surface area contributed by atoms with Gasteiger partial charge < -0.3 is 39.9 Å². The van der Waals surface area contributed by atoms with Gasteiger partial charge in [-0.05, 0) is 77.0 Å². The molecule has 6 unspecified atom stereocenters. The summed E-state index contributed by atoms with van der Waals surface area (Å²) in [7, 11) is -5.14. The van der Waals surface area contributed by atoms with Crippen LogP contribution in [0.5, 0.6) is 0 Å². The second-order valence-corrected chi connectivity index (χ2v) is 17.3. The number of rotatable bonds is 37. The molecule has 1 saturated carbocycles. The largest absolute Gasteiger partial charge is 0.472 e. The van der Waals surface area contributed by atoms with E-state index in [1.807, 2.05) is 18.2 Å². The van der Waals surface area contributed by atoms with E-state index in [4.69, 9.17) is 18.5 Å². The number of aliphatic hydroxyl groups is 5. The van der Waals surface area contributed by atoms with Gasteiger partial charge in [0, 0.05) is 12.8 Å². The van der Waals surface area contributed by atoms with E-state index in [1.165, 1.54) is 38.5 Å². The Morgan fingerprint density at radius 1 is 0.508 bits per heavy atom. The molecule has 0 aromatic heterocycles. The van der Waals surface area contributed by atoms with Crippen LogP contribution >= 0.6 is 7.82 Å². The van der Waals surface area contributed by atoms with Crippen LogP contribution in [0.25, 0.3) is 0 Å². The van der Waals surface area contributed by atoms with Crippen molar-refractivity contribution in [3.63, 3.8) is 0 Å². The number of carbonyl (C=O) groups is 2. The van der Waals surface area contributed by atoms with E-state index in [2.05, 4.69) is 80.7 Å². The Balaban J connectivity index is 2.52. The van der Waals surface area contributed by atoms with E-state index in [1.54, 1.807) is 0 Å². The molecule has 0 aromatic rings. The zero-order chi connectivity index (χ0) is 46.4. The number of hydrogen-bond acceptors (Lipinski definition) is 12. The Kier molecular flexibility index (Phi) is 35.3. The summed E-state index contributed by atoms with van der Waals surface area (Å²) >= 11 is 0. The summed E-state index contributed by atoms with van der Waals surface area (Å²) in [6.07, 6.45) is 36.5. The standard InChI is InChI=1S/C49H81O13P/c1-3-5-7-9-11-13-15-17-19-20-21-22-24-26-28-30-32-34-36-38-43(51)61-41(40-60-63(57,58)62-49-47(55)45(53)44(52)46(54)48(49)56)39-59-42(50)37-35-33-31-29-27-25-23-18-16-14-12-10-8-6-4-2/h5,7,11,13-14,16-17,19,21-22,26,28,32,34,41,44-49,52-56H,3-4,6,8-10,12,15,18,20,23-25,27,29-31,33,35-40H2,1-2H3,(H,57,58)/b7-5+,13-11+,16-14+,19-17+,22-21+,28-26+,34-32+/t41-,44?,45-,46?,47?,48?,49?/m1/s1. The van der Waals surface area contributed by atoms with Crippen LogP contribution < -0.4 is 0 Å². The molecule has 0 amide bonds. The van der Waals surface area contributed by atoms with Crippen molar-refractivity contribution in [2.45, 2.75) is 198 Å². The summed E-state index contributed by atoms with van der Waals surface area (Å²) in [6, 6.07) is 0. The Labute approximate surface area is 378 Å². The number of phosphoric acid groups is 1. The Morgan fingerprint density at radius 2 is 0.937 bits per heavy atom. The van der Waals surface area contributed by atoms with Crippen molar-refractivity contribution in [2.24, 2.45) is 0 Å². The van der Waals surface area contributed by atoms with Gasteiger partial charge in [-0.3, -0.25) is 18.6 Å². The molecule has 0 spiro atoms. The first-order valence-electron chi connectivity index (χ1n) is 23.4. The predicted octanol–water partition coefficient (Wildman–Crippen LogP) is 9.28. The lowest BCUT2D eigenvalue weighted by molar-refractivity contribution is -0.220. The molecule has 8 atom stereocenters. The van der Waals surface area contributed by atoms with E-state index in [0.717, 1.165) is 70.6 Å². The summed E-state index contributed by atoms with van der Waals surface area (Å²) in [4.78, 5) is 35.7. The summed E-state index contributed by atoms with van der Waals surface area (Å²) in [5, 5.41) is 50.2. The number of phosphoric ester groups is 1. The van der Waals surface area contributed by atoms with Gasteiger partial charge in [0.25, 0.3) is 0 Å². The molecule has 1 aliphatic rings. The van der Waals surface area contributed by atoms with Gasteiger partial charge in [0.1, 0.15) is 43.2 Å². The van der Waals surface area contributed by atoms with Gasteiger partial charge in [-0.15, -0.1) is 0 Å². The molecule has 0 saturated heterocycles. The number of aliphatic hydroxyl groups excluding tert-OH is 5. The monoisotopic (exact) mass is 909 g/mol. The zero-order valence-electron chi connectivity index (χ0n) is 38.1. The first-order chi connectivity index (χ1) is 30.4. The SMILES string of the molecule is CC/C=C/C/C=C/C/C=C/C/C=C/C/C=C/C/C=C/CCC(=O)O[C@H](COC(=O)CCCCCCCCC/C=C/CCCCCC)COP(=O)(O)OC1C(O)C(O)C(O)[C@@H](O)C1O. The second kappa shape index (κ2) is 38.3. The fourth-order valence-corrected chi connectivity index (χ4v) is 7.46. The van der Waals surface area contributed by atoms with Crippen molar-refractivity contribution in [1.29, 1.82) is 0 Å². The van der Waals surface area contributed by atoms with Crippen molar-refractivity contribution < 1.29 is 63.1 Å². The minimum absolute atomic E-state index is 0.0334. The fourth-order valence-electron chi connectivity index (χ4n) is 6.48. The topological polar surface area (TPSA) is 210 Å². The van der Waals surface area contributed by atoms with Crippen LogP contribution in [-0.4, -0.2) is 98.3 Å². The van der Waals surface area contributed by atoms with Crippen molar-refractivity contribution in [3.8, 4) is 0 Å². The van der Waals surface area contributed by atoms with Crippen molar-refractivity contribution in [3.05, 3.63) is 85.1 Å². The molecule has 0 aliphatic heterocycles. The van der Waals surface area contributed by atoms with Gasteiger partial charge in [0.05, 0.1) is 6.61 Å². The maximum atomic E-state index is 12.8. The summed E-state index contributed by atoms with van der Waals surface area (Å²) in [6.45, 7) is 3.10. The van der Waals surface area contributed by atoms with E-state index < -0.39 is 75.7 Å². The molecule has 0 bridgehead atoms. The molecular formula is C49H81O13P. The average molecular weight is 909 g/mol. The molecule has 1 fully saturated rings. The number of allylic oxidation sites excluding steroid dienone is 14. The summed E-state index contributed by atoms with van der Waals surface area (Å²) in [5.41, 5.74) is 0. The second-order valence-electron chi connectivity index (χ2n) is 15.9. The molecule has 1 rings (SSSR count). The van der Waals surface area contributed by atoms with Crippen LogP contribution in [-0.2, 0) is 32.7 Å². The highest BCUT2D eigenvalue weighted by atomic mass is 31.2. The highest BCUT2D eigenvalue weighted by Crippen LogP contribution is 2.47. The van der Waals surface area contributed by atoms with Gasteiger partial charge >= 0.3 is 19.8 Å². The van der Waals surface area contributed by atoms with Gasteiger partial charge in [0.2, 0.25) is 0 Å². The fraction of sp³-hybridized carbons (Fsp3) is 0.673. The molecular weight excluding hydrogens is 828 g/mol. The first-order valence-corrected chi connectivity index (χ1v) is 24.9. The normalized spacial score (nSPS) is 22.5. The third-order valence-corrected chi connectivity index (χ3v) is 11.2. The maximum absolute atomic E-state index is 12.8. The third-order valence-electron chi connectivity index (χ3n) is 10.2. The Morgan fingerprint density at radius 3 is 1.44 bits per heavy atom. The van der Waals surface area contributed by atoms with Gasteiger partial charge in [-0.25, -0.2) is 4.57 Å². The third kappa shape index (κ3) is 30.7. The number of unbranched alkanes of at least 4 members (excludes halogenated alkanes) is 11. The predicted molar refractivity (Wildman–Crippen MR) is 248 cm³/mol. The van der Waals surface area contributed by atoms with Crippen LogP contribution in [0.3, 0.4) is 0 Å².